The molecule has 0 aliphatic carbocycles. The van der Waals surface area contributed by atoms with Gasteiger partial charge in [0.15, 0.2) is 0 Å². The van der Waals surface area contributed by atoms with Gasteiger partial charge in [-0.25, -0.2) is 8.42 Å². The van der Waals surface area contributed by atoms with Crippen molar-refractivity contribution in [3.63, 3.8) is 0 Å². The van der Waals surface area contributed by atoms with Gasteiger partial charge in [-0.15, -0.1) is 0 Å². The quantitative estimate of drug-likeness (QED) is 0.676. The van der Waals surface area contributed by atoms with E-state index in [0.29, 0.717) is 16.9 Å². The van der Waals surface area contributed by atoms with Crippen LogP contribution in [0.4, 0.5) is 11.4 Å². The van der Waals surface area contributed by atoms with Crippen LogP contribution in [0.1, 0.15) is 12.0 Å². The summed E-state index contributed by atoms with van der Waals surface area (Å²) in [6.45, 7) is 1.68. The van der Waals surface area contributed by atoms with Gasteiger partial charge in [0, 0.05) is 5.69 Å². The number of carbonyl (C=O) groups is 1. The van der Waals surface area contributed by atoms with E-state index >= 15 is 0 Å². The second-order valence-corrected chi connectivity index (χ2v) is 5.43. The molecule has 1 rings (SSSR count). The van der Waals surface area contributed by atoms with Gasteiger partial charge in [0.2, 0.25) is 10.0 Å². The Labute approximate surface area is 99.5 Å². The van der Waals surface area contributed by atoms with Gasteiger partial charge in [-0.1, -0.05) is 6.07 Å². The van der Waals surface area contributed by atoms with Crippen molar-refractivity contribution in [2.45, 2.75) is 13.3 Å². The number of nitrogens with two attached hydrogens (primary N) is 1. The topological polar surface area (TPSA) is 109 Å². The van der Waals surface area contributed by atoms with Crippen molar-refractivity contribution in [3.05, 3.63) is 23.8 Å². The Kier molecular flexibility index (Phi) is 3.95. The minimum atomic E-state index is -3.66. The average molecular weight is 258 g/mol. The van der Waals surface area contributed by atoms with E-state index in [-0.39, 0.29) is 0 Å². The van der Waals surface area contributed by atoms with Crippen molar-refractivity contribution in [1.82, 2.24) is 0 Å². The molecule has 0 amide bonds. The SMILES string of the molecule is Cc1c(N)cccc1NS(=O)(=O)CCC(=O)O. The lowest BCUT2D eigenvalue weighted by Gasteiger charge is -2.11. The Morgan fingerprint density at radius 1 is 1.47 bits per heavy atom. The molecular formula is C10H14N2O4S. The Morgan fingerprint density at radius 2 is 2.12 bits per heavy atom. The van der Waals surface area contributed by atoms with Crippen molar-refractivity contribution in [2.24, 2.45) is 0 Å². The van der Waals surface area contributed by atoms with Gasteiger partial charge < -0.3 is 10.8 Å². The first-order chi connectivity index (χ1) is 7.82. The number of aliphatic carboxylic acids is 1. The lowest BCUT2D eigenvalue weighted by Crippen LogP contribution is -2.19. The number of carboxylic acids is 1. The second-order valence-electron chi connectivity index (χ2n) is 3.58. The summed E-state index contributed by atoms with van der Waals surface area (Å²) >= 11 is 0. The summed E-state index contributed by atoms with van der Waals surface area (Å²) in [7, 11) is -3.66. The molecule has 0 bridgehead atoms. The minimum Gasteiger partial charge on any atom is -0.481 e. The highest BCUT2D eigenvalue weighted by Gasteiger charge is 2.14. The van der Waals surface area contributed by atoms with Crippen LogP contribution in [0.25, 0.3) is 0 Å². The van der Waals surface area contributed by atoms with Crippen LogP contribution in [0, 0.1) is 6.92 Å². The Hall–Kier alpha value is -1.76. The number of rotatable bonds is 5. The van der Waals surface area contributed by atoms with Gasteiger partial charge in [0.25, 0.3) is 0 Å². The van der Waals surface area contributed by atoms with Crippen molar-refractivity contribution in [2.75, 3.05) is 16.2 Å². The van der Waals surface area contributed by atoms with Crippen LogP contribution in [-0.2, 0) is 14.8 Å². The molecule has 0 fully saturated rings. The van der Waals surface area contributed by atoms with Crippen LogP contribution in [0.15, 0.2) is 18.2 Å². The Balaban J connectivity index is 2.83. The summed E-state index contributed by atoms with van der Waals surface area (Å²) in [6.07, 6.45) is -0.434. The van der Waals surface area contributed by atoms with E-state index in [1.54, 1.807) is 25.1 Å². The molecule has 0 heterocycles. The molecule has 0 atom stereocenters. The Morgan fingerprint density at radius 3 is 2.71 bits per heavy atom. The van der Waals surface area contributed by atoms with Crippen LogP contribution in [0.5, 0.6) is 0 Å². The number of benzene rings is 1. The molecule has 0 saturated heterocycles. The summed E-state index contributed by atoms with van der Waals surface area (Å²) in [5.74, 6) is -1.61. The van der Waals surface area contributed by atoms with Gasteiger partial charge in [0.05, 0.1) is 17.9 Å². The molecular weight excluding hydrogens is 244 g/mol. The number of sulfonamides is 1. The van der Waals surface area contributed by atoms with Gasteiger partial charge in [-0.2, -0.15) is 0 Å². The summed E-state index contributed by atoms with van der Waals surface area (Å²) < 4.78 is 25.4. The predicted octanol–water partition coefficient (Wildman–Crippen LogP) is 0.794. The summed E-state index contributed by atoms with van der Waals surface area (Å²) in [5.41, 5.74) is 7.10. The maximum atomic E-state index is 11.6. The van der Waals surface area contributed by atoms with Gasteiger partial charge >= 0.3 is 5.97 Å². The van der Waals surface area contributed by atoms with E-state index in [0.717, 1.165) is 0 Å². The first kappa shape index (κ1) is 13.3. The smallest absolute Gasteiger partial charge is 0.304 e. The third kappa shape index (κ3) is 3.95. The summed E-state index contributed by atoms with van der Waals surface area (Å²) in [4.78, 5) is 10.3. The van der Waals surface area contributed by atoms with Crippen LogP contribution >= 0.6 is 0 Å². The van der Waals surface area contributed by atoms with E-state index in [9.17, 15) is 13.2 Å². The molecule has 1 aromatic rings. The molecule has 0 saturated carbocycles. The average Bonchev–Trinajstić information content (AvgIpc) is 2.22. The van der Waals surface area contributed by atoms with Crippen LogP contribution in [0.3, 0.4) is 0 Å². The Bertz CT molecular complexity index is 525. The fourth-order valence-electron chi connectivity index (χ4n) is 1.20. The standard InChI is InChI=1S/C10H14N2O4S/c1-7-8(11)3-2-4-9(7)12-17(15,16)6-5-10(13)14/h2-4,12H,5-6,11H2,1H3,(H,13,14). The van der Waals surface area contributed by atoms with E-state index in [2.05, 4.69) is 4.72 Å². The lowest BCUT2D eigenvalue weighted by molar-refractivity contribution is -0.136. The largest absolute Gasteiger partial charge is 0.481 e. The third-order valence-corrected chi connectivity index (χ3v) is 3.50. The maximum absolute atomic E-state index is 11.6. The molecule has 7 heteroatoms. The zero-order chi connectivity index (χ0) is 13.1. The molecule has 0 unspecified atom stereocenters. The van der Waals surface area contributed by atoms with Gasteiger partial charge in [0.1, 0.15) is 0 Å². The highest BCUT2D eigenvalue weighted by atomic mass is 32.2. The molecule has 94 valence electrons. The number of hydrogen-bond acceptors (Lipinski definition) is 4. The zero-order valence-corrected chi connectivity index (χ0v) is 10.1. The molecule has 0 aromatic heterocycles. The highest BCUT2D eigenvalue weighted by Crippen LogP contribution is 2.21. The highest BCUT2D eigenvalue weighted by molar-refractivity contribution is 7.92. The molecule has 0 aliphatic heterocycles. The van der Waals surface area contributed by atoms with E-state index in [1.807, 2.05) is 0 Å². The summed E-state index contributed by atoms with van der Waals surface area (Å²) in [5, 5.41) is 8.43. The van der Waals surface area contributed by atoms with Gasteiger partial charge in [-0.05, 0) is 24.6 Å². The van der Waals surface area contributed by atoms with Crippen molar-refractivity contribution >= 4 is 27.4 Å². The normalized spacial score (nSPS) is 11.1. The molecule has 1 aromatic carbocycles. The predicted molar refractivity (Wildman–Crippen MR) is 65.3 cm³/mol. The monoisotopic (exact) mass is 258 g/mol. The van der Waals surface area contributed by atoms with E-state index in [4.69, 9.17) is 10.8 Å². The van der Waals surface area contributed by atoms with Crippen molar-refractivity contribution < 1.29 is 18.3 Å². The zero-order valence-electron chi connectivity index (χ0n) is 9.30. The van der Waals surface area contributed by atoms with Crippen LogP contribution < -0.4 is 10.5 Å². The third-order valence-electron chi connectivity index (χ3n) is 2.23. The summed E-state index contributed by atoms with van der Waals surface area (Å²) in [6, 6.07) is 4.85. The number of anilines is 2. The molecule has 0 spiro atoms. The first-order valence-corrected chi connectivity index (χ1v) is 6.54. The fraction of sp³-hybridized carbons (Fsp3) is 0.300. The van der Waals surface area contributed by atoms with Crippen LogP contribution in [-0.4, -0.2) is 25.2 Å². The van der Waals surface area contributed by atoms with Gasteiger partial charge in [-0.3, -0.25) is 9.52 Å². The number of nitrogen functional groups attached to an aromatic ring is 1. The number of nitrogens with one attached hydrogen (secondary N) is 1. The molecule has 4 N–H and O–H groups in total. The van der Waals surface area contributed by atoms with Crippen molar-refractivity contribution in [1.29, 1.82) is 0 Å². The molecule has 0 radical (unpaired) electrons. The molecule has 17 heavy (non-hydrogen) atoms. The number of carboxylic acid groups (broad SMARTS) is 1. The number of hydrogen-bond donors (Lipinski definition) is 3. The molecule has 0 aliphatic rings. The minimum absolute atomic E-state index is 0.371. The lowest BCUT2D eigenvalue weighted by atomic mass is 10.2. The van der Waals surface area contributed by atoms with E-state index < -0.39 is 28.2 Å². The molecule has 6 nitrogen and oxygen atoms in total. The first-order valence-electron chi connectivity index (χ1n) is 4.89. The fourth-order valence-corrected chi connectivity index (χ4v) is 2.31. The second kappa shape index (κ2) is 5.05. The van der Waals surface area contributed by atoms with Crippen LogP contribution in [0.2, 0.25) is 0 Å². The van der Waals surface area contributed by atoms with E-state index in [1.165, 1.54) is 0 Å². The maximum Gasteiger partial charge on any atom is 0.304 e. The van der Waals surface area contributed by atoms with Crippen molar-refractivity contribution in [3.8, 4) is 0 Å².